The first kappa shape index (κ1) is 17.5. The molecule has 2 aromatic rings. The van der Waals surface area contributed by atoms with Crippen molar-refractivity contribution in [2.75, 3.05) is 13.2 Å². The van der Waals surface area contributed by atoms with Gasteiger partial charge in [0.15, 0.2) is 0 Å². The number of hydrogen-bond acceptors (Lipinski definition) is 3. The monoisotopic (exact) mass is 373 g/mol. The molecule has 1 amide bonds. The van der Waals surface area contributed by atoms with Gasteiger partial charge in [-0.05, 0) is 22.3 Å². The van der Waals surface area contributed by atoms with Gasteiger partial charge in [0.25, 0.3) is 5.92 Å². The van der Waals surface area contributed by atoms with Gasteiger partial charge < -0.3 is 9.84 Å². The summed E-state index contributed by atoms with van der Waals surface area (Å²) in [5.74, 6) is -4.90. The fourth-order valence-corrected chi connectivity index (χ4v) is 3.91. The molecule has 0 radical (unpaired) electrons. The fourth-order valence-electron chi connectivity index (χ4n) is 3.91. The number of rotatable bonds is 3. The molecule has 27 heavy (non-hydrogen) atoms. The number of nitrogens with zero attached hydrogens (tertiary/aromatic N) is 1. The second-order valence-electron chi connectivity index (χ2n) is 6.85. The number of carboxylic acids is 1. The van der Waals surface area contributed by atoms with Crippen molar-refractivity contribution in [3.05, 3.63) is 59.7 Å². The molecule has 1 saturated heterocycles. The van der Waals surface area contributed by atoms with Crippen LogP contribution < -0.4 is 0 Å². The Kier molecular flexibility index (Phi) is 4.09. The highest BCUT2D eigenvalue weighted by molar-refractivity contribution is 5.82. The van der Waals surface area contributed by atoms with Gasteiger partial charge in [-0.1, -0.05) is 48.5 Å². The summed E-state index contributed by atoms with van der Waals surface area (Å²) >= 11 is 0. The van der Waals surface area contributed by atoms with Crippen LogP contribution in [0.4, 0.5) is 13.6 Å². The first-order valence-electron chi connectivity index (χ1n) is 8.59. The lowest BCUT2D eigenvalue weighted by Crippen LogP contribution is -2.41. The van der Waals surface area contributed by atoms with Crippen molar-refractivity contribution in [2.24, 2.45) is 0 Å². The molecule has 2 aromatic carbocycles. The van der Waals surface area contributed by atoms with E-state index < -0.39 is 37.0 Å². The number of aliphatic carboxylic acids is 1. The summed E-state index contributed by atoms with van der Waals surface area (Å²) in [4.78, 5) is 24.2. The number of carbonyl (C=O) groups is 2. The highest BCUT2D eigenvalue weighted by Crippen LogP contribution is 2.44. The van der Waals surface area contributed by atoms with Crippen molar-refractivity contribution < 1.29 is 28.2 Å². The lowest BCUT2D eigenvalue weighted by Gasteiger charge is -2.22. The second kappa shape index (κ2) is 6.33. The molecule has 1 fully saturated rings. The van der Waals surface area contributed by atoms with Crippen LogP contribution in [0.5, 0.6) is 0 Å². The van der Waals surface area contributed by atoms with E-state index in [0.29, 0.717) is 4.90 Å². The zero-order valence-electron chi connectivity index (χ0n) is 14.3. The summed E-state index contributed by atoms with van der Waals surface area (Å²) in [5.41, 5.74) is 4.08. The normalized spacial score (nSPS) is 20.2. The summed E-state index contributed by atoms with van der Waals surface area (Å²) in [6.07, 6.45) is -1.92. The number of hydrogen-bond donors (Lipinski definition) is 1. The van der Waals surface area contributed by atoms with Gasteiger partial charge in [-0.2, -0.15) is 0 Å². The molecule has 2 aliphatic rings. The van der Waals surface area contributed by atoms with Crippen LogP contribution in [0.2, 0.25) is 0 Å². The van der Waals surface area contributed by atoms with Crippen LogP contribution in [-0.4, -0.2) is 47.2 Å². The van der Waals surface area contributed by atoms with Gasteiger partial charge in [-0.15, -0.1) is 0 Å². The van der Waals surface area contributed by atoms with E-state index >= 15 is 0 Å². The molecule has 7 heteroatoms. The fraction of sp³-hybridized carbons (Fsp3) is 0.300. The lowest BCUT2D eigenvalue weighted by molar-refractivity contribution is -0.142. The highest BCUT2D eigenvalue weighted by atomic mass is 19.3. The number of carboxylic acid groups (broad SMARTS) is 1. The minimum Gasteiger partial charge on any atom is -0.480 e. The van der Waals surface area contributed by atoms with Crippen molar-refractivity contribution in [3.8, 4) is 11.1 Å². The van der Waals surface area contributed by atoms with Gasteiger partial charge in [0.05, 0.1) is 6.54 Å². The van der Waals surface area contributed by atoms with E-state index in [9.17, 15) is 18.4 Å². The molecule has 1 aliphatic carbocycles. The molecule has 0 aromatic heterocycles. The van der Waals surface area contributed by atoms with E-state index in [2.05, 4.69) is 0 Å². The summed E-state index contributed by atoms with van der Waals surface area (Å²) in [5, 5.41) is 9.12. The molecule has 4 rings (SSSR count). The number of carbonyl (C=O) groups excluding carboxylic acids is 1. The standard InChI is InChI=1S/C20H17F2NO4/c21-20(22)9-17(18(24)25)23(11-20)19(26)27-10-16-14-7-3-1-5-12(14)13-6-2-4-8-15(13)16/h1-8,16-17H,9-11H2,(H,24,25)/t17-/m1/s1. The van der Waals surface area contributed by atoms with E-state index in [1.807, 2.05) is 48.5 Å². The van der Waals surface area contributed by atoms with Crippen molar-refractivity contribution in [1.29, 1.82) is 0 Å². The van der Waals surface area contributed by atoms with Crippen LogP contribution in [0.15, 0.2) is 48.5 Å². The quantitative estimate of drug-likeness (QED) is 0.890. The molecule has 1 heterocycles. The maximum Gasteiger partial charge on any atom is 0.410 e. The van der Waals surface area contributed by atoms with Crippen LogP contribution in [0.25, 0.3) is 11.1 Å². The molecular formula is C20H17F2NO4. The van der Waals surface area contributed by atoms with Crippen LogP contribution >= 0.6 is 0 Å². The van der Waals surface area contributed by atoms with Crippen LogP contribution in [0, 0.1) is 0 Å². The Morgan fingerprint density at radius 3 is 2.19 bits per heavy atom. The number of halogens is 2. The average Bonchev–Trinajstić information content (AvgIpc) is 3.14. The smallest absolute Gasteiger partial charge is 0.410 e. The third-order valence-corrected chi connectivity index (χ3v) is 5.13. The van der Waals surface area contributed by atoms with Crippen molar-refractivity contribution in [2.45, 2.75) is 24.3 Å². The highest BCUT2D eigenvalue weighted by Gasteiger charge is 2.51. The molecule has 0 saturated carbocycles. The van der Waals surface area contributed by atoms with Gasteiger partial charge in [-0.25, -0.2) is 18.4 Å². The summed E-state index contributed by atoms with van der Waals surface area (Å²) in [7, 11) is 0. The Balaban J connectivity index is 1.54. The van der Waals surface area contributed by atoms with Crippen molar-refractivity contribution in [1.82, 2.24) is 4.90 Å². The predicted molar refractivity (Wildman–Crippen MR) is 92.8 cm³/mol. The van der Waals surface area contributed by atoms with Crippen LogP contribution in [-0.2, 0) is 9.53 Å². The second-order valence-corrected chi connectivity index (χ2v) is 6.85. The minimum atomic E-state index is -3.23. The van der Waals surface area contributed by atoms with E-state index in [4.69, 9.17) is 9.84 Å². The first-order valence-corrected chi connectivity index (χ1v) is 8.59. The Hall–Kier alpha value is -2.96. The van der Waals surface area contributed by atoms with Crippen LogP contribution in [0.1, 0.15) is 23.5 Å². The Bertz CT molecular complexity index is 869. The Labute approximate surface area is 154 Å². The zero-order chi connectivity index (χ0) is 19.2. The number of amides is 1. The van der Waals surface area contributed by atoms with Gasteiger partial charge in [-0.3, -0.25) is 4.90 Å². The van der Waals surface area contributed by atoms with Gasteiger partial charge >= 0.3 is 12.1 Å². The molecule has 0 bridgehead atoms. The largest absolute Gasteiger partial charge is 0.480 e. The summed E-state index contributed by atoms with van der Waals surface area (Å²) in [6, 6.07) is 13.9. The maximum absolute atomic E-state index is 13.6. The average molecular weight is 373 g/mol. The van der Waals surface area contributed by atoms with Gasteiger partial charge in [0, 0.05) is 12.3 Å². The van der Waals surface area contributed by atoms with Gasteiger partial charge in [0.2, 0.25) is 0 Å². The zero-order valence-corrected chi connectivity index (χ0v) is 14.3. The van der Waals surface area contributed by atoms with E-state index in [1.54, 1.807) is 0 Å². The van der Waals surface area contributed by atoms with Crippen molar-refractivity contribution in [3.63, 3.8) is 0 Å². The molecule has 0 spiro atoms. The van der Waals surface area contributed by atoms with E-state index in [0.717, 1.165) is 22.3 Å². The molecule has 5 nitrogen and oxygen atoms in total. The number of benzene rings is 2. The van der Waals surface area contributed by atoms with Crippen LogP contribution in [0.3, 0.4) is 0 Å². The Morgan fingerprint density at radius 2 is 1.63 bits per heavy atom. The topological polar surface area (TPSA) is 66.8 Å². The first-order chi connectivity index (χ1) is 12.9. The summed E-state index contributed by atoms with van der Waals surface area (Å²) in [6.45, 7) is -0.984. The molecule has 140 valence electrons. The molecule has 1 atom stereocenters. The van der Waals surface area contributed by atoms with E-state index in [1.165, 1.54) is 0 Å². The van der Waals surface area contributed by atoms with Gasteiger partial charge in [0.1, 0.15) is 12.6 Å². The third kappa shape index (κ3) is 3.03. The predicted octanol–water partition coefficient (Wildman–Crippen LogP) is 3.73. The SMILES string of the molecule is O=C(O)[C@H]1CC(F)(F)CN1C(=O)OCC1c2ccccc2-c2ccccc21. The lowest BCUT2D eigenvalue weighted by atomic mass is 9.98. The Morgan fingerprint density at radius 1 is 1.07 bits per heavy atom. The minimum absolute atomic E-state index is 0.0404. The molecule has 1 N–H and O–H groups in total. The molecular weight excluding hydrogens is 356 g/mol. The number of likely N-dealkylation sites (tertiary alicyclic amines) is 1. The maximum atomic E-state index is 13.6. The molecule has 0 unspecified atom stereocenters. The number of alkyl halides is 2. The third-order valence-electron chi connectivity index (χ3n) is 5.13. The number of ether oxygens (including phenoxy) is 1. The van der Waals surface area contributed by atoms with E-state index in [-0.39, 0.29) is 12.5 Å². The number of fused-ring (bicyclic) bond motifs is 3. The summed E-state index contributed by atoms with van der Waals surface area (Å²) < 4.78 is 32.5. The van der Waals surface area contributed by atoms with Crippen molar-refractivity contribution >= 4 is 12.1 Å². The molecule has 1 aliphatic heterocycles.